The van der Waals surface area contributed by atoms with Gasteiger partial charge in [0.1, 0.15) is 0 Å². The monoisotopic (exact) mass is 423 g/mol. The van der Waals surface area contributed by atoms with Crippen molar-refractivity contribution in [1.82, 2.24) is 0 Å². The van der Waals surface area contributed by atoms with Crippen LogP contribution in [0.25, 0.3) is 39.1 Å². The van der Waals surface area contributed by atoms with Crippen LogP contribution in [0.5, 0.6) is 0 Å². The molecule has 0 radical (unpaired) electrons. The van der Waals surface area contributed by atoms with E-state index in [1.54, 1.807) is 0 Å². The van der Waals surface area contributed by atoms with Crippen LogP contribution in [0.1, 0.15) is 17.5 Å². The molecule has 0 heterocycles. The Labute approximate surface area is 195 Å². The number of fused-ring (bicyclic) bond motifs is 2. The van der Waals surface area contributed by atoms with Crippen molar-refractivity contribution in [3.63, 3.8) is 0 Å². The van der Waals surface area contributed by atoms with E-state index < -0.39 is 0 Å². The fourth-order valence-electron chi connectivity index (χ4n) is 4.86. The maximum atomic E-state index is 3.59. The Kier molecular flexibility index (Phi) is 5.01. The SMILES string of the molecule is C1=Cc2c(cccc2-c2ccc(Nc3cccc(-c4cccc5ccccc45)c3)cc2)CC1. The van der Waals surface area contributed by atoms with Crippen LogP contribution in [0.3, 0.4) is 0 Å². The second kappa shape index (κ2) is 8.44. The van der Waals surface area contributed by atoms with Gasteiger partial charge < -0.3 is 5.32 Å². The fraction of sp³-hybridized carbons (Fsp3) is 0.0625. The van der Waals surface area contributed by atoms with E-state index in [-0.39, 0.29) is 0 Å². The molecular weight excluding hydrogens is 398 g/mol. The molecule has 1 heteroatoms. The molecule has 0 saturated carbocycles. The van der Waals surface area contributed by atoms with Crippen molar-refractivity contribution in [2.24, 2.45) is 0 Å². The number of aryl methyl sites for hydroxylation is 1. The maximum absolute atomic E-state index is 3.59. The number of anilines is 2. The van der Waals surface area contributed by atoms with Gasteiger partial charge in [0, 0.05) is 11.4 Å². The molecule has 0 fully saturated rings. The minimum absolute atomic E-state index is 1.09. The van der Waals surface area contributed by atoms with E-state index in [0.717, 1.165) is 24.2 Å². The number of allylic oxidation sites excluding steroid dienone is 1. The van der Waals surface area contributed by atoms with Gasteiger partial charge in [-0.2, -0.15) is 0 Å². The third-order valence-electron chi connectivity index (χ3n) is 6.51. The highest BCUT2D eigenvalue weighted by Gasteiger charge is 2.10. The number of hydrogen-bond donors (Lipinski definition) is 1. The molecule has 0 aliphatic heterocycles. The predicted molar refractivity (Wildman–Crippen MR) is 142 cm³/mol. The minimum Gasteiger partial charge on any atom is -0.356 e. The molecule has 158 valence electrons. The first-order valence-electron chi connectivity index (χ1n) is 11.6. The van der Waals surface area contributed by atoms with Crippen LogP contribution in [0.4, 0.5) is 11.4 Å². The van der Waals surface area contributed by atoms with Gasteiger partial charge in [0.25, 0.3) is 0 Å². The van der Waals surface area contributed by atoms with Gasteiger partial charge in [-0.1, -0.05) is 97.1 Å². The molecule has 5 aromatic carbocycles. The quantitative estimate of drug-likeness (QED) is 0.304. The normalized spacial score (nSPS) is 12.5. The molecular formula is C32H25N. The maximum Gasteiger partial charge on any atom is 0.0390 e. The van der Waals surface area contributed by atoms with Crippen LogP contribution in [0, 0.1) is 0 Å². The molecule has 6 rings (SSSR count). The van der Waals surface area contributed by atoms with Gasteiger partial charge in [-0.15, -0.1) is 0 Å². The minimum atomic E-state index is 1.09. The standard InChI is InChI=1S/C32H25N/c1-3-14-29-23(8-1)10-6-16-31(29)25-18-20-27(21-19-25)33-28-13-5-12-26(22-28)32-17-7-11-24-9-2-4-15-30(24)32/h2-7,9-22,33H,1,8H2. The summed E-state index contributed by atoms with van der Waals surface area (Å²) in [5, 5.41) is 6.13. The van der Waals surface area contributed by atoms with Crippen molar-refractivity contribution in [2.75, 3.05) is 5.32 Å². The van der Waals surface area contributed by atoms with Crippen LogP contribution in [-0.2, 0) is 6.42 Å². The molecule has 0 amide bonds. The van der Waals surface area contributed by atoms with Crippen molar-refractivity contribution in [1.29, 1.82) is 0 Å². The molecule has 1 aliphatic carbocycles. The van der Waals surface area contributed by atoms with Crippen LogP contribution in [0.2, 0.25) is 0 Å². The van der Waals surface area contributed by atoms with Gasteiger partial charge in [-0.05, 0) is 81.3 Å². The molecule has 0 spiro atoms. The lowest BCUT2D eigenvalue weighted by atomic mass is 9.90. The van der Waals surface area contributed by atoms with E-state index in [1.807, 2.05) is 0 Å². The smallest absolute Gasteiger partial charge is 0.0390 e. The van der Waals surface area contributed by atoms with Gasteiger partial charge in [0.15, 0.2) is 0 Å². The van der Waals surface area contributed by atoms with Crippen molar-refractivity contribution in [3.05, 3.63) is 126 Å². The summed E-state index contributed by atoms with van der Waals surface area (Å²) < 4.78 is 0. The van der Waals surface area contributed by atoms with Gasteiger partial charge in [0.05, 0.1) is 0 Å². The van der Waals surface area contributed by atoms with Crippen LogP contribution in [-0.4, -0.2) is 0 Å². The van der Waals surface area contributed by atoms with Crippen LogP contribution in [0.15, 0.2) is 115 Å². The lowest BCUT2D eigenvalue weighted by Crippen LogP contribution is -1.96. The lowest BCUT2D eigenvalue weighted by molar-refractivity contribution is 0.986. The molecule has 0 bridgehead atoms. The Balaban J connectivity index is 1.28. The Bertz CT molecular complexity index is 1470. The highest BCUT2D eigenvalue weighted by atomic mass is 14.9. The van der Waals surface area contributed by atoms with E-state index in [1.165, 1.54) is 44.2 Å². The summed E-state index contributed by atoms with van der Waals surface area (Å²) in [6.07, 6.45) is 6.83. The van der Waals surface area contributed by atoms with Gasteiger partial charge in [0.2, 0.25) is 0 Å². The summed E-state index contributed by atoms with van der Waals surface area (Å²) in [6.45, 7) is 0. The molecule has 1 aliphatic rings. The van der Waals surface area contributed by atoms with E-state index in [0.29, 0.717) is 0 Å². The molecule has 0 saturated heterocycles. The zero-order valence-corrected chi connectivity index (χ0v) is 18.5. The third kappa shape index (κ3) is 3.83. The summed E-state index contributed by atoms with van der Waals surface area (Å²) in [6, 6.07) is 39.2. The van der Waals surface area contributed by atoms with E-state index >= 15 is 0 Å². The number of hydrogen-bond acceptors (Lipinski definition) is 1. The van der Waals surface area contributed by atoms with E-state index in [2.05, 4.69) is 127 Å². The van der Waals surface area contributed by atoms with Crippen LogP contribution < -0.4 is 5.32 Å². The highest BCUT2D eigenvalue weighted by Crippen LogP contribution is 2.33. The van der Waals surface area contributed by atoms with Crippen LogP contribution >= 0.6 is 0 Å². The summed E-state index contributed by atoms with van der Waals surface area (Å²) in [4.78, 5) is 0. The average molecular weight is 424 g/mol. The number of rotatable bonds is 4. The molecule has 1 N–H and O–H groups in total. The lowest BCUT2D eigenvalue weighted by Gasteiger charge is -2.16. The zero-order chi connectivity index (χ0) is 22.0. The number of nitrogens with one attached hydrogen (secondary N) is 1. The fourth-order valence-corrected chi connectivity index (χ4v) is 4.86. The van der Waals surface area contributed by atoms with Gasteiger partial charge in [-0.3, -0.25) is 0 Å². The van der Waals surface area contributed by atoms with Crippen molar-refractivity contribution >= 4 is 28.2 Å². The van der Waals surface area contributed by atoms with E-state index in [4.69, 9.17) is 0 Å². The summed E-state index contributed by atoms with van der Waals surface area (Å²) in [7, 11) is 0. The molecule has 0 unspecified atom stereocenters. The molecule has 33 heavy (non-hydrogen) atoms. The Morgan fingerprint density at radius 1 is 0.576 bits per heavy atom. The Morgan fingerprint density at radius 2 is 1.36 bits per heavy atom. The van der Waals surface area contributed by atoms with Gasteiger partial charge in [-0.25, -0.2) is 0 Å². The average Bonchev–Trinajstić information content (AvgIpc) is 2.89. The first kappa shape index (κ1) is 19.6. The highest BCUT2D eigenvalue weighted by molar-refractivity contribution is 5.97. The van der Waals surface area contributed by atoms with Gasteiger partial charge >= 0.3 is 0 Å². The van der Waals surface area contributed by atoms with Crippen molar-refractivity contribution in [3.8, 4) is 22.3 Å². The second-order valence-electron chi connectivity index (χ2n) is 8.63. The molecule has 0 aromatic heterocycles. The number of benzene rings is 5. The predicted octanol–water partition coefficient (Wildman–Crippen LogP) is 8.88. The van der Waals surface area contributed by atoms with Crippen molar-refractivity contribution in [2.45, 2.75) is 12.8 Å². The Morgan fingerprint density at radius 3 is 2.30 bits per heavy atom. The molecule has 5 aromatic rings. The first-order valence-corrected chi connectivity index (χ1v) is 11.6. The largest absolute Gasteiger partial charge is 0.356 e. The zero-order valence-electron chi connectivity index (χ0n) is 18.5. The van der Waals surface area contributed by atoms with Crippen molar-refractivity contribution < 1.29 is 0 Å². The second-order valence-corrected chi connectivity index (χ2v) is 8.63. The molecule has 0 atom stereocenters. The summed E-state index contributed by atoms with van der Waals surface area (Å²) in [5.74, 6) is 0. The summed E-state index contributed by atoms with van der Waals surface area (Å²) >= 11 is 0. The molecule has 1 nitrogen and oxygen atoms in total. The summed E-state index contributed by atoms with van der Waals surface area (Å²) in [5.41, 5.74) is 10.0. The third-order valence-corrected chi connectivity index (χ3v) is 6.51. The topological polar surface area (TPSA) is 12.0 Å². The first-order chi connectivity index (χ1) is 16.3. The Hall–Kier alpha value is -4.10. The van der Waals surface area contributed by atoms with E-state index in [9.17, 15) is 0 Å².